The van der Waals surface area contributed by atoms with Gasteiger partial charge in [-0.1, -0.05) is 42.5 Å². The molecule has 1 saturated heterocycles. The molecular formula is C25H21NO4. The highest BCUT2D eigenvalue weighted by Crippen LogP contribution is 2.42. The van der Waals surface area contributed by atoms with Gasteiger partial charge in [0.1, 0.15) is 11.5 Å². The van der Waals surface area contributed by atoms with Crippen LogP contribution < -0.4 is 4.90 Å². The third-order valence-corrected chi connectivity index (χ3v) is 5.45. The monoisotopic (exact) mass is 399 g/mol. The lowest BCUT2D eigenvalue weighted by molar-refractivity contribution is -0.132. The summed E-state index contributed by atoms with van der Waals surface area (Å²) in [5.74, 6) is -1.71. The van der Waals surface area contributed by atoms with E-state index in [1.165, 1.54) is 17.0 Å². The van der Waals surface area contributed by atoms with Crippen molar-refractivity contribution >= 4 is 23.1 Å². The number of phenols is 1. The molecule has 4 rings (SSSR count). The highest BCUT2D eigenvalue weighted by Gasteiger charge is 2.47. The van der Waals surface area contributed by atoms with E-state index in [1.807, 2.05) is 26.0 Å². The van der Waals surface area contributed by atoms with E-state index in [1.54, 1.807) is 48.5 Å². The number of anilines is 1. The van der Waals surface area contributed by atoms with Crippen LogP contribution in [0.5, 0.6) is 5.75 Å². The predicted octanol–water partition coefficient (Wildman–Crippen LogP) is 4.64. The van der Waals surface area contributed by atoms with Crippen LogP contribution in [0.3, 0.4) is 0 Å². The number of benzene rings is 3. The number of carbonyl (C=O) groups is 2. The summed E-state index contributed by atoms with van der Waals surface area (Å²) in [7, 11) is 0. The number of nitrogens with zero attached hydrogens (tertiary/aromatic N) is 1. The van der Waals surface area contributed by atoms with Crippen LogP contribution in [0, 0.1) is 13.8 Å². The number of ketones is 1. The maximum Gasteiger partial charge on any atom is 0.300 e. The second kappa shape index (κ2) is 7.52. The molecule has 1 atom stereocenters. The van der Waals surface area contributed by atoms with Gasteiger partial charge in [0.05, 0.1) is 11.6 Å². The summed E-state index contributed by atoms with van der Waals surface area (Å²) in [6.45, 7) is 3.88. The maximum atomic E-state index is 13.1. The quantitative estimate of drug-likeness (QED) is 0.382. The second-order valence-corrected chi connectivity index (χ2v) is 7.40. The number of aliphatic hydroxyl groups is 1. The van der Waals surface area contributed by atoms with Crippen molar-refractivity contribution in [1.29, 1.82) is 0 Å². The molecule has 3 aromatic rings. The fourth-order valence-electron chi connectivity index (χ4n) is 3.74. The molecule has 1 amide bonds. The van der Waals surface area contributed by atoms with E-state index in [4.69, 9.17) is 0 Å². The number of amides is 1. The normalized spacial score (nSPS) is 18.1. The molecule has 0 spiro atoms. The zero-order chi connectivity index (χ0) is 21.4. The number of phenolic OH excluding ortho intramolecular Hbond substituents is 1. The molecule has 0 aromatic heterocycles. The fourth-order valence-corrected chi connectivity index (χ4v) is 3.74. The molecule has 30 heavy (non-hydrogen) atoms. The molecular weight excluding hydrogens is 378 g/mol. The number of aryl methyl sites for hydroxylation is 2. The molecule has 1 heterocycles. The van der Waals surface area contributed by atoms with Crippen molar-refractivity contribution in [3.8, 4) is 5.75 Å². The molecule has 2 N–H and O–H groups in total. The summed E-state index contributed by atoms with van der Waals surface area (Å²) in [6, 6.07) is 19.7. The van der Waals surface area contributed by atoms with E-state index in [-0.39, 0.29) is 17.1 Å². The Morgan fingerprint density at radius 1 is 0.867 bits per heavy atom. The minimum Gasteiger partial charge on any atom is -0.508 e. The lowest BCUT2D eigenvalue weighted by Gasteiger charge is -2.25. The molecule has 0 bridgehead atoms. The largest absolute Gasteiger partial charge is 0.508 e. The van der Waals surface area contributed by atoms with Gasteiger partial charge in [0.25, 0.3) is 11.7 Å². The van der Waals surface area contributed by atoms with Crippen LogP contribution in [0.25, 0.3) is 5.76 Å². The molecule has 3 aromatic carbocycles. The number of hydrogen-bond acceptors (Lipinski definition) is 4. The van der Waals surface area contributed by atoms with Crippen LogP contribution in [0.15, 0.2) is 78.4 Å². The van der Waals surface area contributed by atoms with E-state index < -0.39 is 17.7 Å². The summed E-state index contributed by atoms with van der Waals surface area (Å²) in [5.41, 5.74) is 3.55. The topological polar surface area (TPSA) is 77.8 Å². The summed E-state index contributed by atoms with van der Waals surface area (Å²) < 4.78 is 0. The Labute approximate surface area is 174 Å². The van der Waals surface area contributed by atoms with Crippen LogP contribution in [0.2, 0.25) is 0 Å². The molecule has 0 saturated carbocycles. The highest BCUT2D eigenvalue weighted by atomic mass is 16.3. The third kappa shape index (κ3) is 3.24. The lowest BCUT2D eigenvalue weighted by Crippen LogP contribution is -2.29. The van der Waals surface area contributed by atoms with E-state index in [9.17, 15) is 19.8 Å². The minimum absolute atomic E-state index is 0.00212. The average Bonchev–Trinajstić information content (AvgIpc) is 3.01. The van der Waals surface area contributed by atoms with Crippen LogP contribution in [0.1, 0.15) is 28.3 Å². The van der Waals surface area contributed by atoms with Crippen molar-refractivity contribution in [3.05, 3.63) is 101 Å². The van der Waals surface area contributed by atoms with Crippen molar-refractivity contribution < 1.29 is 19.8 Å². The summed E-state index contributed by atoms with van der Waals surface area (Å²) >= 11 is 0. The van der Waals surface area contributed by atoms with Crippen molar-refractivity contribution in [3.63, 3.8) is 0 Å². The van der Waals surface area contributed by atoms with Gasteiger partial charge in [0.2, 0.25) is 0 Å². The minimum atomic E-state index is -0.860. The zero-order valence-corrected chi connectivity index (χ0v) is 16.7. The van der Waals surface area contributed by atoms with E-state index in [2.05, 4.69) is 0 Å². The molecule has 0 aliphatic carbocycles. The van der Waals surface area contributed by atoms with Gasteiger partial charge in [0.15, 0.2) is 0 Å². The van der Waals surface area contributed by atoms with Crippen LogP contribution in [-0.2, 0) is 9.59 Å². The van der Waals surface area contributed by atoms with Gasteiger partial charge in [-0.05, 0) is 60.9 Å². The van der Waals surface area contributed by atoms with Gasteiger partial charge < -0.3 is 10.2 Å². The third-order valence-electron chi connectivity index (χ3n) is 5.45. The first-order valence-electron chi connectivity index (χ1n) is 9.61. The number of carbonyl (C=O) groups excluding carboxylic acids is 2. The summed E-state index contributed by atoms with van der Waals surface area (Å²) in [5, 5.41) is 21.1. The molecule has 1 unspecified atom stereocenters. The number of hydrogen-bond donors (Lipinski definition) is 2. The van der Waals surface area contributed by atoms with Crippen LogP contribution in [0.4, 0.5) is 5.69 Å². The molecule has 1 aliphatic rings. The summed E-state index contributed by atoms with van der Waals surface area (Å²) in [4.78, 5) is 27.4. The van der Waals surface area contributed by atoms with Crippen LogP contribution in [-0.4, -0.2) is 21.9 Å². The number of aromatic hydroxyl groups is 1. The van der Waals surface area contributed by atoms with Gasteiger partial charge >= 0.3 is 0 Å². The fraction of sp³-hybridized carbons (Fsp3) is 0.120. The number of rotatable bonds is 3. The Balaban J connectivity index is 1.96. The summed E-state index contributed by atoms with van der Waals surface area (Å²) in [6.07, 6.45) is 0. The SMILES string of the molecule is Cc1ccc(/C(O)=C2/C(=O)C(=O)N(c3ccccc3)C2c2cccc(O)c2)cc1C. The molecule has 5 nitrogen and oxygen atoms in total. The smallest absolute Gasteiger partial charge is 0.300 e. The predicted molar refractivity (Wildman–Crippen MR) is 115 cm³/mol. The zero-order valence-electron chi connectivity index (χ0n) is 16.7. The van der Waals surface area contributed by atoms with Gasteiger partial charge in [-0.15, -0.1) is 0 Å². The Kier molecular flexibility index (Phi) is 4.88. The number of Topliss-reactive ketones (excluding diaryl/α,β-unsaturated/α-hetero) is 1. The van der Waals surface area contributed by atoms with E-state index in [0.717, 1.165) is 11.1 Å². The van der Waals surface area contributed by atoms with Crippen molar-refractivity contribution in [2.75, 3.05) is 4.90 Å². The molecule has 5 heteroatoms. The number of para-hydroxylation sites is 1. The Bertz CT molecular complexity index is 1180. The lowest BCUT2D eigenvalue weighted by atomic mass is 9.94. The molecule has 150 valence electrons. The first-order chi connectivity index (χ1) is 14.4. The average molecular weight is 399 g/mol. The molecule has 1 aliphatic heterocycles. The second-order valence-electron chi connectivity index (χ2n) is 7.40. The molecule has 1 fully saturated rings. The Hall–Kier alpha value is -3.86. The van der Waals surface area contributed by atoms with Crippen molar-refractivity contribution in [2.45, 2.75) is 19.9 Å². The van der Waals surface area contributed by atoms with Gasteiger partial charge in [-0.25, -0.2) is 0 Å². The van der Waals surface area contributed by atoms with Gasteiger partial charge in [-0.2, -0.15) is 0 Å². The maximum absolute atomic E-state index is 13.1. The van der Waals surface area contributed by atoms with E-state index in [0.29, 0.717) is 16.8 Å². The van der Waals surface area contributed by atoms with Gasteiger partial charge in [-0.3, -0.25) is 14.5 Å². The van der Waals surface area contributed by atoms with Crippen molar-refractivity contribution in [2.24, 2.45) is 0 Å². The van der Waals surface area contributed by atoms with Crippen molar-refractivity contribution in [1.82, 2.24) is 0 Å². The Morgan fingerprint density at radius 2 is 1.60 bits per heavy atom. The standard InChI is InChI=1S/C25H21NO4/c1-15-11-12-18(13-16(15)2)23(28)21-22(17-7-6-10-20(27)14-17)26(25(30)24(21)29)19-8-4-3-5-9-19/h3-14,22,27-28H,1-2H3/b23-21-. The highest BCUT2D eigenvalue weighted by molar-refractivity contribution is 6.51. The first-order valence-corrected chi connectivity index (χ1v) is 9.61. The van der Waals surface area contributed by atoms with Gasteiger partial charge in [0, 0.05) is 11.3 Å². The Morgan fingerprint density at radius 3 is 2.27 bits per heavy atom. The number of aliphatic hydroxyl groups excluding tert-OH is 1. The first kappa shape index (κ1) is 19.5. The van der Waals surface area contributed by atoms with E-state index >= 15 is 0 Å². The molecule has 0 radical (unpaired) electrons. The van der Waals surface area contributed by atoms with Crippen LogP contribution >= 0.6 is 0 Å².